The quantitative estimate of drug-likeness (QED) is 0.856. The van der Waals surface area contributed by atoms with Gasteiger partial charge in [0.2, 0.25) is 0 Å². The van der Waals surface area contributed by atoms with Crippen molar-refractivity contribution in [1.82, 2.24) is 15.0 Å². The fourth-order valence-electron chi connectivity index (χ4n) is 2.30. The first-order valence-electron chi connectivity index (χ1n) is 6.39. The van der Waals surface area contributed by atoms with Crippen molar-refractivity contribution in [2.45, 2.75) is 32.1 Å². The van der Waals surface area contributed by atoms with Crippen LogP contribution in [0.1, 0.15) is 32.1 Å². The minimum atomic E-state index is 0.859. The second-order valence-corrected chi connectivity index (χ2v) is 5.35. The Morgan fingerprint density at radius 1 is 1.22 bits per heavy atom. The Balaban J connectivity index is 1.62. The summed E-state index contributed by atoms with van der Waals surface area (Å²) in [6, 6.07) is 0. The number of aromatic nitrogens is 3. The monoisotopic (exact) mass is 260 g/mol. The maximum absolute atomic E-state index is 4.30. The van der Waals surface area contributed by atoms with Gasteiger partial charge in [0.05, 0.1) is 5.51 Å². The van der Waals surface area contributed by atoms with E-state index in [0.717, 1.165) is 29.1 Å². The molecule has 0 atom stereocenters. The van der Waals surface area contributed by atoms with E-state index in [1.54, 1.807) is 23.2 Å². The zero-order valence-corrected chi connectivity index (χ0v) is 11.0. The van der Waals surface area contributed by atoms with Crippen LogP contribution < -0.4 is 5.32 Å². The molecule has 0 radical (unpaired) electrons. The van der Waals surface area contributed by atoms with Gasteiger partial charge < -0.3 is 5.32 Å². The first-order chi connectivity index (χ1) is 8.93. The van der Waals surface area contributed by atoms with Crippen molar-refractivity contribution in [3.63, 3.8) is 0 Å². The fraction of sp³-hybridized carbons (Fsp3) is 0.462. The van der Waals surface area contributed by atoms with E-state index in [1.807, 2.05) is 5.51 Å². The van der Waals surface area contributed by atoms with Gasteiger partial charge in [-0.05, 0) is 32.1 Å². The van der Waals surface area contributed by atoms with Crippen LogP contribution >= 0.6 is 11.3 Å². The third-order valence-electron chi connectivity index (χ3n) is 3.26. The molecule has 18 heavy (non-hydrogen) atoms. The predicted octanol–water partition coefficient (Wildman–Crippen LogP) is 3.39. The normalized spacial score (nSPS) is 15.7. The second-order valence-electron chi connectivity index (χ2n) is 4.51. The summed E-state index contributed by atoms with van der Waals surface area (Å²) < 4.78 is 0. The average Bonchev–Trinajstić information content (AvgIpc) is 2.89. The van der Waals surface area contributed by atoms with Crippen molar-refractivity contribution >= 4 is 27.5 Å². The highest BCUT2D eigenvalue weighted by molar-refractivity contribution is 7.16. The molecule has 5 heteroatoms. The van der Waals surface area contributed by atoms with E-state index in [4.69, 9.17) is 0 Å². The number of nitrogens with one attached hydrogen (secondary N) is 1. The molecule has 2 aromatic heterocycles. The number of nitrogens with zero attached hydrogens (tertiary/aromatic N) is 3. The van der Waals surface area contributed by atoms with Crippen LogP contribution in [0, 0.1) is 0 Å². The van der Waals surface area contributed by atoms with Crippen LogP contribution in [0.15, 0.2) is 23.5 Å². The third-order valence-corrected chi connectivity index (χ3v) is 3.99. The molecule has 0 unspecified atom stereocenters. The van der Waals surface area contributed by atoms with Crippen molar-refractivity contribution in [1.29, 1.82) is 0 Å². The van der Waals surface area contributed by atoms with Crippen molar-refractivity contribution in [3.05, 3.63) is 23.5 Å². The van der Waals surface area contributed by atoms with Crippen molar-refractivity contribution in [2.75, 3.05) is 11.9 Å². The maximum atomic E-state index is 4.30. The molecule has 0 saturated carbocycles. The average molecular weight is 260 g/mol. The van der Waals surface area contributed by atoms with Gasteiger partial charge in [-0.1, -0.05) is 11.6 Å². The van der Waals surface area contributed by atoms with Crippen LogP contribution in [0.5, 0.6) is 0 Å². The summed E-state index contributed by atoms with van der Waals surface area (Å²) in [4.78, 5) is 13.7. The molecule has 0 aliphatic heterocycles. The van der Waals surface area contributed by atoms with Gasteiger partial charge in [-0.2, -0.15) is 0 Å². The summed E-state index contributed by atoms with van der Waals surface area (Å²) in [5.41, 5.74) is 4.28. The van der Waals surface area contributed by atoms with Gasteiger partial charge in [-0.25, -0.2) is 15.0 Å². The van der Waals surface area contributed by atoms with Gasteiger partial charge in [0.1, 0.15) is 16.7 Å². The summed E-state index contributed by atoms with van der Waals surface area (Å²) >= 11 is 1.55. The van der Waals surface area contributed by atoms with Crippen molar-refractivity contribution < 1.29 is 0 Å². The molecular weight excluding hydrogens is 244 g/mol. The number of hydrogen-bond acceptors (Lipinski definition) is 5. The molecule has 2 heterocycles. The van der Waals surface area contributed by atoms with Crippen molar-refractivity contribution in [3.8, 4) is 0 Å². The Bertz CT molecular complexity index is 561. The van der Waals surface area contributed by atoms with Crippen molar-refractivity contribution in [2.24, 2.45) is 0 Å². The minimum absolute atomic E-state index is 0.859. The van der Waals surface area contributed by atoms with Gasteiger partial charge in [0, 0.05) is 6.54 Å². The van der Waals surface area contributed by atoms with Gasteiger partial charge in [-0.15, -0.1) is 11.3 Å². The van der Waals surface area contributed by atoms with Crippen LogP contribution in [-0.4, -0.2) is 21.5 Å². The Kier molecular flexibility index (Phi) is 3.50. The molecule has 3 rings (SSSR count). The summed E-state index contributed by atoms with van der Waals surface area (Å²) in [5, 5.41) is 3.37. The second kappa shape index (κ2) is 5.44. The lowest BCUT2D eigenvalue weighted by Crippen LogP contribution is -2.06. The number of fused-ring (bicyclic) bond motifs is 1. The summed E-state index contributed by atoms with van der Waals surface area (Å²) in [5.74, 6) is 0.859. The predicted molar refractivity (Wildman–Crippen MR) is 74.9 cm³/mol. The van der Waals surface area contributed by atoms with E-state index in [-0.39, 0.29) is 0 Å². The van der Waals surface area contributed by atoms with Gasteiger partial charge in [-0.3, -0.25) is 0 Å². The Morgan fingerprint density at radius 2 is 2.22 bits per heavy atom. The molecule has 0 fully saturated rings. The molecule has 0 amide bonds. The number of allylic oxidation sites excluding steroid dienone is 1. The van der Waals surface area contributed by atoms with E-state index in [9.17, 15) is 0 Å². The Morgan fingerprint density at radius 3 is 3.11 bits per heavy atom. The van der Waals surface area contributed by atoms with E-state index in [1.165, 1.54) is 25.7 Å². The number of rotatable bonds is 4. The molecule has 1 N–H and O–H groups in total. The minimum Gasteiger partial charge on any atom is -0.368 e. The molecule has 1 aliphatic rings. The highest BCUT2D eigenvalue weighted by Gasteiger charge is 2.07. The van der Waals surface area contributed by atoms with Crippen LogP contribution in [0.3, 0.4) is 0 Å². The lowest BCUT2D eigenvalue weighted by molar-refractivity contribution is 0.679. The van der Waals surface area contributed by atoms with Gasteiger partial charge in [0.15, 0.2) is 5.82 Å². The zero-order valence-electron chi connectivity index (χ0n) is 10.2. The molecule has 2 aromatic rings. The first kappa shape index (κ1) is 11.6. The van der Waals surface area contributed by atoms with E-state index < -0.39 is 0 Å². The smallest absolute Gasteiger partial charge is 0.156 e. The SMILES string of the molecule is C1=C(CCNc2ncnc3scnc23)CCCC1. The van der Waals surface area contributed by atoms with Gasteiger partial charge in [0.25, 0.3) is 0 Å². The number of anilines is 1. The summed E-state index contributed by atoms with van der Waals surface area (Å²) in [7, 11) is 0. The Hall–Kier alpha value is -1.49. The number of hydrogen-bond donors (Lipinski definition) is 1. The molecule has 94 valence electrons. The molecule has 0 bridgehead atoms. The van der Waals surface area contributed by atoms with E-state index in [0.29, 0.717) is 0 Å². The van der Waals surface area contributed by atoms with Crippen LogP contribution in [0.4, 0.5) is 5.82 Å². The van der Waals surface area contributed by atoms with Gasteiger partial charge >= 0.3 is 0 Å². The standard InChI is InChI=1S/C13H16N4S/c1-2-4-10(5-3-1)6-7-14-12-11-13(16-8-15-12)18-9-17-11/h4,8-9H,1-3,5-7H2,(H,14,15,16). The first-order valence-corrected chi connectivity index (χ1v) is 7.27. The molecule has 0 saturated heterocycles. The number of thiazole rings is 1. The third kappa shape index (κ3) is 2.51. The van der Waals surface area contributed by atoms with E-state index in [2.05, 4.69) is 26.3 Å². The molecule has 0 aromatic carbocycles. The van der Waals surface area contributed by atoms with Crippen LogP contribution in [0.2, 0.25) is 0 Å². The van der Waals surface area contributed by atoms with E-state index >= 15 is 0 Å². The summed E-state index contributed by atoms with van der Waals surface area (Å²) in [6.45, 7) is 0.926. The summed E-state index contributed by atoms with van der Waals surface area (Å²) in [6.07, 6.45) is 10.3. The highest BCUT2D eigenvalue weighted by Crippen LogP contribution is 2.22. The molecular formula is C13H16N4S. The lowest BCUT2D eigenvalue weighted by atomic mass is 9.97. The Labute approximate surface area is 110 Å². The topological polar surface area (TPSA) is 50.7 Å². The maximum Gasteiger partial charge on any atom is 0.156 e. The van der Waals surface area contributed by atoms with Crippen LogP contribution in [-0.2, 0) is 0 Å². The molecule has 4 nitrogen and oxygen atoms in total. The lowest BCUT2D eigenvalue weighted by Gasteiger charge is -2.13. The fourth-order valence-corrected chi connectivity index (χ4v) is 2.92. The van der Waals surface area contributed by atoms with Crippen LogP contribution in [0.25, 0.3) is 10.3 Å². The largest absolute Gasteiger partial charge is 0.368 e. The zero-order chi connectivity index (χ0) is 12.2. The molecule has 0 spiro atoms. The highest BCUT2D eigenvalue weighted by atomic mass is 32.1. The molecule has 1 aliphatic carbocycles.